The number of hydrogen-bond acceptors (Lipinski definition) is 4. The molecule has 4 heteroatoms. The Balaban J connectivity index is 2.59. The number of anilines is 1. The Morgan fingerprint density at radius 2 is 2.00 bits per heavy atom. The molecule has 1 aromatic rings. The van der Waals surface area contributed by atoms with Crippen LogP contribution in [-0.2, 0) is 6.54 Å². The predicted octanol–water partition coefficient (Wildman–Crippen LogP) is 1.68. The van der Waals surface area contributed by atoms with Crippen LogP contribution in [0.1, 0.15) is 19.4 Å². The van der Waals surface area contributed by atoms with E-state index >= 15 is 0 Å². The average Bonchev–Trinajstić information content (AvgIpc) is 2.25. The summed E-state index contributed by atoms with van der Waals surface area (Å²) in [6.45, 7) is 8.71. The number of nitrogens with zero attached hydrogens (tertiary/aromatic N) is 3. The van der Waals surface area contributed by atoms with E-state index in [1.165, 1.54) is 5.56 Å². The molecule has 0 saturated heterocycles. The van der Waals surface area contributed by atoms with E-state index < -0.39 is 0 Å². The van der Waals surface area contributed by atoms with E-state index in [2.05, 4.69) is 42.7 Å². The summed E-state index contributed by atoms with van der Waals surface area (Å²) in [5.74, 6) is 1.27. The van der Waals surface area contributed by atoms with Crippen molar-refractivity contribution >= 4 is 5.82 Å². The average molecular weight is 250 g/mol. The lowest BCUT2D eigenvalue weighted by atomic mass is 10.1. The molecule has 0 radical (unpaired) electrons. The van der Waals surface area contributed by atoms with Gasteiger partial charge < -0.3 is 10.6 Å². The van der Waals surface area contributed by atoms with Gasteiger partial charge in [0.15, 0.2) is 0 Å². The van der Waals surface area contributed by atoms with E-state index in [1.807, 2.05) is 12.1 Å². The summed E-state index contributed by atoms with van der Waals surface area (Å²) < 4.78 is 0. The first kappa shape index (κ1) is 14.9. The molecule has 1 heterocycles. The summed E-state index contributed by atoms with van der Waals surface area (Å²) >= 11 is 0. The Kier molecular flexibility index (Phi) is 6.09. The molecule has 0 amide bonds. The second-order valence-corrected chi connectivity index (χ2v) is 5.52. The Morgan fingerprint density at radius 1 is 1.28 bits per heavy atom. The molecule has 0 spiro atoms. The summed E-state index contributed by atoms with van der Waals surface area (Å²) in [5, 5.41) is 0. The van der Waals surface area contributed by atoms with Crippen molar-refractivity contribution in [3.8, 4) is 0 Å². The molecule has 1 rings (SSSR count). The van der Waals surface area contributed by atoms with E-state index in [0.717, 1.165) is 26.2 Å². The van der Waals surface area contributed by atoms with Crippen LogP contribution in [0, 0.1) is 5.92 Å². The van der Waals surface area contributed by atoms with Crippen LogP contribution in [-0.4, -0.2) is 48.5 Å². The number of hydrogen-bond donors (Lipinski definition) is 1. The number of nitrogen functional groups attached to an aromatic ring is 1. The molecule has 0 fully saturated rings. The number of likely N-dealkylation sites (N-methyl/N-ethyl adjacent to an activating group) is 1. The van der Waals surface area contributed by atoms with Crippen molar-refractivity contribution in [1.82, 2.24) is 14.8 Å². The minimum absolute atomic E-state index is 0.601. The molecule has 18 heavy (non-hydrogen) atoms. The molecule has 0 aliphatic carbocycles. The second-order valence-electron chi connectivity index (χ2n) is 5.52. The highest BCUT2D eigenvalue weighted by Gasteiger charge is 2.09. The van der Waals surface area contributed by atoms with Gasteiger partial charge in [0.05, 0.1) is 0 Å². The minimum Gasteiger partial charge on any atom is -0.384 e. The first-order valence-electron chi connectivity index (χ1n) is 6.55. The Labute approximate surface area is 111 Å². The summed E-state index contributed by atoms with van der Waals surface area (Å²) in [7, 11) is 4.22. The molecule has 0 bridgehead atoms. The van der Waals surface area contributed by atoms with Crippen LogP contribution in [0.2, 0.25) is 0 Å². The van der Waals surface area contributed by atoms with Crippen LogP contribution in [0.3, 0.4) is 0 Å². The summed E-state index contributed by atoms with van der Waals surface area (Å²) in [6, 6.07) is 4.00. The zero-order valence-electron chi connectivity index (χ0n) is 12.1. The lowest BCUT2D eigenvalue weighted by molar-refractivity contribution is 0.212. The number of aromatic nitrogens is 1. The second kappa shape index (κ2) is 7.34. The largest absolute Gasteiger partial charge is 0.384 e. The van der Waals surface area contributed by atoms with Gasteiger partial charge in [-0.1, -0.05) is 13.8 Å². The molecule has 0 aromatic carbocycles. The van der Waals surface area contributed by atoms with Gasteiger partial charge in [-0.25, -0.2) is 4.98 Å². The van der Waals surface area contributed by atoms with Crippen LogP contribution >= 0.6 is 0 Å². The van der Waals surface area contributed by atoms with Crippen LogP contribution in [0.25, 0.3) is 0 Å². The van der Waals surface area contributed by atoms with E-state index in [4.69, 9.17) is 5.73 Å². The quantitative estimate of drug-likeness (QED) is 0.800. The van der Waals surface area contributed by atoms with E-state index in [1.54, 1.807) is 6.20 Å². The Hall–Kier alpha value is -1.13. The van der Waals surface area contributed by atoms with Crippen molar-refractivity contribution in [1.29, 1.82) is 0 Å². The fraction of sp³-hybridized carbons (Fsp3) is 0.643. The maximum Gasteiger partial charge on any atom is 0.123 e. The first-order chi connectivity index (χ1) is 8.47. The predicted molar refractivity (Wildman–Crippen MR) is 77.3 cm³/mol. The van der Waals surface area contributed by atoms with Crippen LogP contribution < -0.4 is 5.73 Å². The molecule has 2 N–H and O–H groups in total. The molecule has 4 nitrogen and oxygen atoms in total. The van der Waals surface area contributed by atoms with Gasteiger partial charge in [-0.3, -0.25) is 4.90 Å². The van der Waals surface area contributed by atoms with Gasteiger partial charge in [0.25, 0.3) is 0 Å². The number of rotatable bonds is 7. The number of pyridine rings is 1. The highest BCUT2D eigenvalue weighted by atomic mass is 15.2. The lowest BCUT2D eigenvalue weighted by Gasteiger charge is -2.25. The van der Waals surface area contributed by atoms with Crippen molar-refractivity contribution in [2.24, 2.45) is 5.92 Å². The zero-order valence-corrected chi connectivity index (χ0v) is 12.1. The molecule has 0 unspecified atom stereocenters. The molecule has 0 aliphatic heterocycles. The van der Waals surface area contributed by atoms with Crippen LogP contribution in [0.4, 0.5) is 5.82 Å². The van der Waals surface area contributed by atoms with Gasteiger partial charge in [0, 0.05) is 32.4 Å². The highest BCUT2D eigenvalue weighted by Crippen LogP contribution is 2.09. The third-order valence-electron chi connectivity index (χ3n) is 2.74. The van der Waals surface area contributed by atoms with E-state index in [9.17, 15) is 0 Å². The molecular formula is C14H26N4. The van der Waals surface area contributed by atoms with Crippen LogP contribution in [0.15, 0.2) is 18.3 Å². The lowest BCUT2D eigenvalue weighted by Crippen LogP contribution is -2.34. The smallest absolute Gasteiger partial charge is 0.123 e. The van der Waals surface area contributed by atoms with Crippen molar-refractivity contribution in [3.63, 3.8) is 0 Å². The third kappa shape index (κ3) is 5.98. The summed E-state index contributed by atoms with van der Waals surface area (Å²) in [4.78, 5) is 8.72. The summed E-state index contributed by atoms with van der Waals surface area (Å²) in [6.07, 6.45) is 1.78. The molecule has 0 aliphatic rings. The molecule has 1 aromatic heterocycles. The molecule has 0 saturated carbocycles. The standard InChI is InChI=1S/C14H26N4/c1-12(2)10-18(8-7-17(3)4)11-13-5-6-16-14(15)9-13/h5-6,9,12H,7-8,10-11H2,1-4H3,(H2,15,16). The van der Waals surface area contributed by atoms with Crippen molar-refractivity contribution in [2.75, 3.05) is 39.5 Å². The Morgan fingerprint density at radius 3 is 2.56 bits per heavy atom. The Bertz CT molecular complexity index is 349. The minimum atomic E-state index is 0.601. The van der Waals surface area contributed by atoms with Gasteiger partial charge in [-0.15, -0.1) is 0 Å². The topological polar surface area (TPSA) is 45.4 Å². The normalized spacial score (nSPS) is 11.7. The van der Waals surface area contributed by atoms with Gasteiger partial charge in [0.2, 0.25) is 0 Å². The molecule has 102 valence electrons. The van der Waals surface area contributed by atoms with Gasteiger partial charge in [-0.2, -0.15) is 0 Å². The SMILES string of the molecule is CC(C)CN(CCN(C)C)Cc1ccnc(N)c1. The summed E-state index contributed by atoms with van der Waals surface area (Å²) in [5.41, 5.74) is 6.96. The maximum atomic E-state index is 5.72. The van der Waals surface area contributed by atoms with Crippen molar-refractivity contribution in [3.05, 3.63) is 23.9 Å². The fourth-order valence-electron chi connectivity index (χ4n) is 1.94. The van der Waals surface area contributed by atoms with E-state index in [-0.39, 0.29) is 0 Å². The maximum absolute atomic E-state index is 5.72. The molecular weight excluding hydrogens is 224 g/mol. The third-order valence-corrected chi connectivity index (χ3v) is 2.74. The van der Waals surface area contributed by atoms with Crippen LogP contribution in [0.5, 0.6) is 0 Å². The van der Waals surface area contributed by atoms with Crippen molar-refractivity contribution in [2.45, 2.75) is 20.4 Å². The number of nitrogens with two attached hydrogens (primary N) is 1. The van der Waals surface area contributed by atoms with Gasteiger partial charge in [0.1, 0.15) is 5.82 Å². The van der Waals surface area contributed by atoms with E-state index in [0.29, 0.717) is 11.7 Å². The van der Waals surface area contributed by atoms with Crippen molar-refractivity contribution < 1.29 is 0 Å². The van der Waals surface area contributed by atoms with Gasteiger partial charge >= 0.3 is 0 Å². The molecule has 0 atom stereocenters. The monoisotopic (exact) mass is 250 g/mol. The van der Waals surface area contributed by atoms with Gasteiger partial charge in [-0.05, 0) is 37.7 Å². The zero-order chi connectivity index (χ0) is 13.5. The highest BCUT2D eigenvalue weighted by molar-refractivity contribution is 5.31. The first-order valence-corrected chi connectivity index (χ1v) is 6.55. The fourth-order valence-corrected chi connectivity index (χ4v) is 1.94.